The lowest BCUT2D eigenvalue weighted by molar-refractivity contribution is 0.122. The molecule has 0 amide bonds. The normalized spacial score (nSPS) is 14.2. The Morgan fingerprint density at radius 2 is 1.52 bits per heavy atom. The lowest BCUT2D eigenvalue weighted by Gasteiger charge is -2.28. The van der Waals surface area contributed by atoms with Crippen LogP contribution < -0.4 is 4.90 Å². The smallest absolute Gasteiger partial charge is 0.254 e. The second-order valence-electron chi connectivity index (χ2n) is 7.76. The van der Waals surface area contributed by atoms with Gasteiger partial charge in [-0.2, -0.15) is 15.1 Å². The summed E-state index contributed by atoms with van der Waals surface area (Å²) in [6.45, 7) is 2.79. The van der Waals surface area contributed by atoms with Crippen molar-refractivity contribution in [3.63, 3.8) is 0 Å². The zero-order valence-electron chi connectivity index (χ0n) is 18.0. The largest absolute Gasteiger partial charge is 0.378 e. The molecular formula is C23H21N9O. The fraction of sp³-hybridized carbons (Fsp3) is 0.217. The van der Waals surface area contributed by atoms with Gasteiger partial charge in [0.05, 0.1) is 19.4 Å². The zero-order chi connectivity index (χ0) is 22.2. The molecule has 1 aliphatic heterocycles. The molecular weight excluding hydrogens is 418 g/mol. The van der Waals surface area contributed by atoms with Gasteiger partial charge in [-0.25, -0.2) is 9.67 Å². The van der Waals surface area contributed by atoms with Gasteiger partial charge in [-0.3, -0.25) is 9.97 Å². The number of rotatable bonds is 4. The molecule has 6 heterocycles. The van der Waals surface area contributed by atoms with E-state index in [1.165, 1.54) is 0 Å². The standard InChI is InChI=1S/C23H21N9O/c1-30-20(17-4-8-25-9-5-17)27-19-21(30)28-23(29-22(19)31-10-12-33-13-11-31)32-15-18(14-26-32)16-2-6-24-7-3-16/h2-9,14-15H,10-13H2,1H3. The van der Waals surface area contributed by atoms with E-state index in [1.807, 2.05) is 48.3 Å². The maximum atomic E-state index is 5.56. The average molecular weight is 439 g/mol. The molecule has 0 bridgehead atoms. The Hall–Kier alpha value is -4.18. The number of aryl methyl sites for hydroxylation is 1. The first-order valence-corrected chi connectivity index (χ1v) is 10.7. The van der Waals surface area contributed by atoms with E-state index in [0.717, 1.165) is 52.6 Å². The van der Waals surface area contributed by atoms with Crippen LogP contribution in [-0.2, 0) is 11.8 Å². The highest BCUT2D eigenvalue weighted by atomic mass is 16.5. The Balaban J connectivity index is 1.52. The van der Waals surface area contributed by atoms with Gasteiger partial charge in [-0.15, -0.1) is 0 Å². The average Bonchev–Trinajstić information content (AvgIpc) is 3.51. The summed E-state index contributed by atoms with van der Waals surface area (Å²) in [4.78, 5) is 25.1. The van der Waals surface area contributed by atoms with Crippen LogP contribution in [0.1, 0.15) is 0 Å². The van der Waals surface area contributed by atoms with Crippen molar-refractivity contribution in [3.8, 4) is 28.5 Å². The fourth-order valence-electron chi connectivity index (χ4n) is 4.02. The predicted molar refractivity (Wildman–Crippen MR) is 123 cm³/mol. The molecule has 0 atom stereocenters. The molecule has 10 heteroatoms. The lowest BCUT2D eigenvalue weighted by atomic mass is 10.1. The number of aromatic nitrogens is 8. The number of imidazole rings is 1. The van der Waals surface area contributed by atoms with Gasteiger partial charge < -0.3 is 14.2 Å². The van der Waals surface area contributed by atoms with Crippen molar-refractivity contribution in [2.45, 2.75) is 0 Å². The molecule has 10 nitrogen and oxygen atoms in total. The molecule has 5 aromatic heterocycles. The topological polar surface area (TPSA) is 99.7 Å². The van der Waals surface area contributed by atoms with Crippen molar-refractivity contribution >= 4 is 17.0 Å². The van der Waals surface area contributed by atoms with Crippen LogP contribution >= 0.6 is 0 Å². The molecule has 6 rings (SSSR count). The van der Waals surface area contributed by atoms with Gasteiger partial charge in [0.15, 0.2) is 17.0 Å². The third kappa shape index (κ3) is 3.50. The van der Waals surface area contributed by atoms with E-state index in [9.17, 15) is 0 Å². The lowest BCUT2D eigenvalue weighted by Crippen LogP contribution is -2.37. The summed E-state index contributed by atoms with van der Waals surface area (Å²) in [5.74, 6) is 2.09. The molecule has 0 aliphatic carbocycles. The van der Waals surface area contributed by atoms with Crippen molar-refractivity contribution in [1.29, 1.82) is 0 Å². The van der Waals surface area contributed by atoms with E-state index in [-0.39, 0.29) is 0 Å². The van der Waals surface area contributed by atoms with Gasteiger partial charge in [0, 0.05) is 62.2 Å². The first kappa shape index (κ1) is 19.5. The minimum Gasteiger partial charge on any atom is -0.378 e. The SMILES string of the molecule is Cn1c(-c2ccncc2)nc2c(N3CCOCC3)nc(-n3cc(-c4ccncc4)cn3)nc21. The molecule has 164 valence electrons. The van der Waals surface area contributed by atoms with Gasteiger partial charge in [0.1, 0.15) is 5.82 Å². The van der Waals surface area contributed by atoms with Gasteiger partial charge in [0.2, 0.25) is 0 Å². The Morgan fingerprint density at radius 1 is 0.818 bits per heavy atom. The monoisotopic (exact) mass is 439 g/mol. The van der Waals surface area contributed by atoms with Crippen LogP contribution in [0.2, 0.25) is 0 Å². The van der Waals surface area contributed by atoms with Gasteiger partial charge in [-0.05, 0) is 29.8 Å². The zero-order valence-corrected chi connectivity index (χ0v) is 18.0. The first-order chi connectivity index (χ1) is 16.3. The van der Waals surface area contributed by atoms with E-state index in [2.05, 4.69) is 20.0 Å². The highest BCUT2D eigenvalue weighted by molar-refractivity contribution is 5.87. The van der Waals surface area contributed by atoms with Crippen LogP contribution in [0.25, 0.3) is 39.6 Å². The van der Waals surface area contributed by atoms with Crippen LogP contribution in [0.3, 0.4) is 0 Å². The molecule has 0 unspecified atom stereocenters. The van der Waals surface area contributed by atoms with Crippen molar-refractivity contribution in [3.05, 3.63) is 61.4 Å². The number of anilines is 1. The summed E-state index contributed by atoms with van der Waals surface area (Å²) in [5.41, 5.74) is 4.48. The summed E-state index contributed by atoms with van der Waals surface area (Å²) in [6, 6.07) is 7.79. The molecule has 1 aliphatic rings. The molecule has 0 saturated carbocycles. The van der Waals surface area contributed by atoms with Crippen molar-refractivity contribution in [1.82, 2.24) is 39.3 Å². The minimum absolute atomic E-state index is 0.494. The minimum atomic E-state index is 0.494. The van der Waals surface area contributed by atoms with E-state index >= 15 is 0 Å². The number of morpholine rings is 1. The molecule has 0 N–H and O–H groups in total. The molecule has 1 saturated heterocycles. The molecule has 0 radical (unpaired) electrons. The second-order valence-corrected chi connectivity index (χ2v) is 7.76. The van der Waals surface area contributed by atoms with Crippen LogP contribution in [0.4, 0.5) is 5.82 Å². The highest BCUT2D eigenvalue weighted by Gasteiger charge is 2.23. The fourth-order valence-corrected chi connectivity index (χ4v) is 4.02. The summed E-state index contributed by atoms with van der Waals surface area (Å²) < 4.78 is 9.26. The Bertz CT molecular complexity index is 1410. The number of hydrogen-bond donors (Lipinski definition) is 0. The first-order valence-electron chi connectivity index (χ1n) is 10.7. The van der Waals surface area contributed by atoms with Crippen molar-refractivity contribution in [2.75, 3.05) is 31.2 Å². The van der Waals surface area contributed by atoms with E-state index in [4.69, 9.17) is 19.7 Å². The third-order valence-corrected chi connectivity index (χ3v) is 5.74. The molecule has 1 fully saturated rings. The Morgan fingerprint density at radius 3 is 2.24 bits per heavy atom. The summed E-state index contributed by atoms with van der Waals surface area (Å²) >= 11 is 0. The summed E-state index contributed by atoms with van der Waals surface area (Å²) in [7, 11) is 1.97. The van der Waals surface area contributed by atoms with E-state index in [0.29, 0.717) is 19.2 Å². The number of hydrogen-bond acceptors (Lipinski definition) is 8. The molecule has 0 aromatic carbocycles. The molecule has 5 aromatic rings. The van der Waals surface area contributed by atoms with Crippen LogP contribution in [-0.4, -0.2) is 65.6 Å². The Kier molecular flexibility index (Phi) is 4.76. The number of pyridine rings is 2. The number of fused-ring (bicyclic) bond motifs is 1. The molecule has 33 heavy (non-hydrogen) atoms. The van der Waals surface area contributed by atoms with Crippen LogP contribution in [0.15, 0.2) is 61.4 Å². The molecule has 0 spiro atoms. The number of ether oxygens (including phenoxy) is 1. The van der Waals surface area contributed by atoms with Crippen molar-refractivity contribution < 1.29 is 4.74 Å². The highest BCUT2D eigenvalue weighted by Crippen LogP contribution is 2.29. The summed E-state index contributed by atoms with van der Waals surface area (Å²) in [6.07, 6.45) is 10.8. The van der Waals surface area contributed by atoms with Gasteiger partial charge in [-0.1, -0.05) is 0 Å². The van der Waals surface area contributed by atoms with Gasteiger partial charge >= 0.3 is 0 Å². The maximum absolute atomic E-state index is 5.56. The van der Waals surface area contributed by atoms with Crippen molar-refractivity contribution in [2.24, 2.45) is 7.05 Å². The number of nitrogens with zero attached hydrogens (tertiary/aromatic N) is 9. The van der Waals surface area contributed by atoms with Crippen LogP contribution in [0, 0.1) is 0 Å². The quantitative estimate of drug-likeness (QED) is 0.421. The summed E-state index contributed by atoms with van der Waals surface area (Å²) in [5, 5.41) is 4.54. The predicted octanol–water partition coefficient (Wildman–Crippen LogP) is 2.51. The third-order valence-electron chi connectivity index (χ3n) is 5.74. The Labute approximate surface area is 189 Å². The van der Waals surface area contributed by atoms with E-state index < -0.39 is 0 Å². The second kappa shape index (κ2) is 8.06. The van der Waals surface area contributed by atoms with Crippen LogP contribution in [0.5, 0.6) is 0 Å². The van der Waals surface area contributed by atoms with E-state index in [1.54, 1.807) is 29.5 Å². The maximum Gasteiger partial charge on any atom is 0.254 e. The van der Waals surface area contributed by atoms with Gasteiger partial charge in [0.25, 0.3) is 5.95 Å².